The average Bonchev–Trinajstić information content (AvgIpc) is 3.12. The SMILES string of the molecule is CCn1cc(NC(=O)c2[nH]ncc2[N+](=O)[O-])c(C(=O)NC)n1. The van der Waals surface area contributed by atoms with Crippen molar-refractivity contribution in [2.24, 2.45) is 0 Å². The number of hydrogen-bond acceptors (Lipinski definition) is 6. The number of amides is 2. The van der Waals surface area contributed by atoms with Crippen molar-refractivity contribution in [1.29, 1.82) is 0 Å². The van der Waals surface area contributed by atoms with Crippen molar-refractivity contribution in [2.75, 3.05) is 12.4 Å². The number of aryl methyl sites for hydroxylation is 1. The van der Waals surface area contributed by atoms with Crippen LogP contribution in [-0.2, 0) is 6.54 Å². The topological polar surface area (TPSA) is 148 Å². The Morgan fingerprint density at radius 2 is 2.18 bits per heavy atom. The molecule has 0 aliphatic heterocycles. The number of rotatable bonds is 5. The molecule has 116 valence electrons. The van der Waals surface area contributed by atoms with Crippen LogP contribution < -0.4 is 10.6 Å². The molecule has 2 rings (SSSR count). The van der Waals surface area contributed by atoms with Gasteiger partial charge in [-0.05, 0) is 6.92 Å². The Labute approximate surface area is 123 Å². The van der Waals surface area contributed by atoms with Gasteiger partial charge in [-0.25, -0.2) is 0 Å². The van der Waals surface area contributed by atoms with Gasteiger partial charge >= 0.3 is 5.69 Å². The molecule has 0 unspecified atom stereocenters. The molecule has 0 spiro atoms. The van der Waals surface area contributed by atoms with Crippen molar-refractivity contribution in [3.8, 4) is 0 Å². The predicted octanol–water partition coefficient (Wildman–Crippen LogP) is 0.146. The Hall–Kier alpha value is -3.24. The van der Waals surface area contributed by atoms with Crippen LogP contribution in [0.15, 0.2) is 12.4 Å². The zero-order valence-electron chi connectivity index (χ0n) is 11.8. The van der Waals surface area contributed by atoms with Gasteiger partial charge in [0.05, 0.1) is 10.6 Å². The van der Waals surface area contributed by atoms with Crippen LogP contribution in [0.25, 0.3) is 0 Å². The molecule has 0 radical (unpaired) electrons. The number of nitro groups is 1. The van der Waals surface area contributed by atoms with Crippen LogP contribution in [0.5, 0.6) is 0 Å². The van der Waals surface area contributed by atoms with Crippen LogP contribution in [0.1, 0.15) is 27.9 Å². The van der Waals surface area contributed by atoms with Gasteiger partial charge in [0.15, 0.2) is 5.69 Å². The first kappa shape index (κ1) is 15.2. The molecular weight excluding hydrogens is 294 g/mol. The third-order valence-corrected chi connectivity index (χ3v) is 2.82. The third kappa shape index (κ3) is 2.77. The molecule has 2 aromatic rings. The van der Waals surface area contributed by atoms with Crippen molar-refractivity contribution < 1.29 is 14.5 Å². The van der Waals surface area contributed by atoms with Crippen LogP contribution in [0.2, 0.25) is 0 Å². The molecule has 0 fully saturated rings. The Morgan fingerprint density at radius 1 is 1.45 bits per heavy atom. The number of aromatic amines is 1. The summed E-state index contributed by atoms with van der Waals surface area (Å²) in [5.74, 6) is -1.27. The number of H-pyrrole nitrogens is 1. The Bertz CT molecular complexity index is 733. The van der Waals surface area contributed by atoms with Crippen LogP contribution in [0.4, 0.5) is 11.4 Å². The number of carbonyl (C=O) groups is 2. The van der Waals surface area contributed by atoms with E-state index in [1.54, 1.807) is 0 Å². The van der Waals surface area contributed by atoms with E-state index in [-0.39, 0.29) is 17.1 Å². The summed E-state index contributed by atoms with van der Waals surface area (Å²) in [4.78, 5) is 33.9. The molecule has 11 heteroatoms. The summed E-state index contributed by atoms with van der Waals surface area (Å²) < 4.78 is 1.46. The molecule has 0 atom stereocenters. The molecule has 22 heavy (non-hydrogen) atoms. The molecule has 2 heterocycles. The zero-order valence-corrected chi connectivity index (χ0v) is 11.8. The van der Waals surface area contributed by atoms with E-state index in [1.807, 2.05) is 6.92 Å². The maximum Gasteiger partial charge on any atom is 0.319 e. The summed E-state index contributed by atoms with van der Waals surface area (Å²) in [6.45, 7) is 2.30. The van der Waals surface area contributed by atoms with Crippen molar-refractivity contribution in [2.45, 2.75) is 13.5 Å². The first-order valence-electron chi connectivity index (χ1n) is 6.26. The maximum absolute atomic E-state index is 12.1. The lowest BCUT2D eigenvalue weighted by Gasteiger charge is -2.02. The van der Waals surface area contributed by atoms with Gasteiger partial charge in [0.2, 0.25) is 5.69 Å². The second kappa shape index (κ2) is 6.03. The second-order valence-corrected chi connectivity index (χ2v) is 4.17. The minimum absolute atomic E-state index is 0.0138. The Morgan fingerprint density at radius 3 is 2.77 bits per heavy atom. The molecule has 2 aromatic heterocycles. The minimum atomic E-state index is -0.787. The van der Waals surface area contributed by atoms with Gasteiger partial charge < -0.3 is 10.6 Å². The number of carbonyl (C=O) groups excluding carboxylic acids is 2. The molecule has 11 nitrogen and oxygen atoms in total. The lowest BCUT2D eigenvalue weighted by atomic mass is 10.3. The van der Waals surface area contributed by atoms with Gasteiger partial charge in [0, 0.05) is 19.8 Å². The van der Waals surface area contributed by atoms with E-state index in [2.05, 4.69) is 25.9 Å². The number of anilines is 1. The minimum Gasteiger partial charge on any atom is -0.354 e. The molecular formula is C11H13N7O4. The Balaban J connectivity index is 2.32. The lowest BCUT2D eigenvalue weighted by molar-refractivity contribution is -0.385. The summed E-state index contributed by atoms with van der Waals surface area (Å²) in [7, 11) is 1.43. The highest BCUT2D eigenvalue weighted by molar-refractivity contribution is 6.08. The number of nitrogens with zero attached hydrogens (tertiary/aromatic N) is 4. The highest BCUT2D eigenvalue weighted by atomic mass is 16.6. The molecule has 0 aliphatic carbocycles. The smallest absolute Gasteiger partial charge is 0.319 e. The van der Waals surface area contributed by atoms with Crippen molar-refractivity contribution in [3.63, 3.8) is 0 Å². The van der Waals surface area contributed by atoms with E-state index in [1.165, 1.54) is 17.9 Å². The van der Waals surface area contributed by atoms with Gasteiger partial charge in [0.1, 0.15) is 6.20 Å². The van der Waals surface area contributed by atoms with Crippen molar-refractivity contribution in [1.82, 2.24) is 25.3 Å². The van der Waals surface area contributed by atoms with E-state index in [9.17, 15) is 19.7 Å². The highest BCUT2D eigenvalue weighted by Gasteiger charge is 2.25. The van der Waals surface area contributed by atoms with Gasteiger partial charge in [-0.15, -0.1) is 0 Å². The van der Waals surface area contributed by atoms with Crippen LogP contribution in [0.3, 0.4) is 0 Å². The molecule has 0 aromatic carbocycles. The number of hydrogen-bond donors (Lipinski definition) is 3. The van der Waals surface area contributed by atoms with Crippen LogP contribution >= 0.6 is 0 Å². The van der Waals surface area contributed by atoms with Gasteiger partial charge in [-0.2, -0.15) is 10.2 Å². The molecule has 2 amide bonds. The van der Waals surface area contributed by atoms with Gasteiger partial charge in [0.25, 0.3) is 11.8 Å². The largest absolute Gasteiger partial charge is 0.354 e. The van der Waals surface area contributed by atoms with Crippen LogP contribution in [0, 0.1) is 10.1 Å². The second-order valence-electron chi connectivity index (χ2n) is 4.17. The molecule has 0 saturated carbocycles. The molecule has 0 saturated heterocycles. The summed E-state index contributed by atoms with van der Waals surface area (Å²) in [5, 5.41) is 25.4. The number of nitrogens with one attached hydrogen (secondary N) is 3. The maximum atomic E-state index is 12.1. The van der Waals surface area contributed by atoms with E-state index in [0.29, 0.717) is 6.54 Å². The van der Waals surface area contributed by atoms with Crippen LogP contribution in [-0.4, -0.2) is 43.8 Å². The van der Waals surface area contributed by atoms with Crippen molar-refractivity contribution >= 4 is 23.2 Å². The van der Waals surface area contributed by atoms with Gasteiger partial charge in [-0.1, -0.05) is 0 Å². The molecule has 0 aliphatic rings. The average molecular weight is 307 g/mol. The first-order valence-corrected chi connectivity index (χ1v) is 6.26. The first-order chi connectivity index (χ1) is 10.5. The summed E-state index contributed by atoms with van der Waals surface area (Å²) in [6, 6.07) is 0. The predicted molar refractivity (Wildman–Crippen MR) is 74.5 cm³/mol. The highest BCUT2D eigenvalue weighted by Crippen LogP contribution is 2.19. The standard InChI is InChI=1S/C11H13N7O4/c1-3-17-5-6(8(16-17)10(19)12-2)14-11(20)9-7(18(21)22)4-13-15-9/h4-5H,3H2,1-2H3,(H,12,19)(H,13,15)(H,14,20). The molecule has 3 N–H and O–H groups in total. The van der Waals surface area contributed by atoms with Gasteiger partial charge in [-0.3, -0.25) is 29.5 Å². The third-order valence-electron chi connectivity index (χ3n) is 2.82. The van der Waals surface area contributed by atoms with E-state index in [4.69, 9.17) is 0 Å². The summed E-state index contributed by atoms with van der Waals surface area (Å²) >= 11 is 0. The summed E-state index contributed by atoms with van der Waals surface area (Å²) in [6.07, 6.45) is 2.40. The zero-order chi connectivity index (χ0) is 16.3. The monoisotopic (exact) mass is 307 g/mol. The number of aromatic nitrogens is 4. The fourth-order valence-corrected chi connectivity index (χ4v) is 1.73. The fraction of sp³-hybridized carbons (Fsp3) is 0.273. The normalized spacial score (nSPS) is 10.3. The molecule has 0 bridgehead atoms. The van der Waals surface area contributed by atoms with E-state index >= 15 is 0 Å². The Kier molecular flexibility index (Phi) is 4.15. The quantitative estimate of drug-likeness (QED) is 0.528. The lowest BCUT2D eigenvalue weighted by Crippen LogP contribution is -2.22. The van der Waals surface area contributed by atoms with E-state index < -0.39 is 22.4 Å². The summed E-state index contributed by atoms with van der Waals surface area (Å²) in [5.41, 5.74) is -0.603. The fourth-order valence-electron chi connectivity index (χ4n) is 1.73. The van der Waals surface area contributed by atoms with Crippen molar-refractivity contribution in [3.05, 3.63) is 33.9 Å². The van der Waals surface area contributed by atoms with E-state index in [0.717, 1.165) is 6.20 Å².